The second-order valence-corrected chi connectivity index (χ2v) is 13.8. The number of ether oxygens (including phenoxy) is 1. The van der Waals surface area contributed by atoms with Gasteiger partial charge in [-0.3, -0.25) is 9.59 Å². The Kier molecular flexibility index (Phi) is 15.7. The van der Waals surface area contributed by atoms with Crippen molar-refractivity contribution in [3.05, 3.63) is 24.8 Å². The predicted octanol–water partition coefficient (Wildman–Crippen LogP) is 5.67. The normalized spacial score (nSPS) is 30.1. The fourth-order valence-electron chi connectivity index (χ4n) is 7.25. The SMILES string of the molecule is C=C[C@]1(C)C[C@@H](C(=O)OCSCCN(CC)CC)C(C)(C)[C@@H]2C(=O)CC[C@@]2(CCCC)[C@@H](C)[C@@H]1O.O=C(O)/C=C\C(=O)O. The fraction of sp³-hybridized carbons (Fsp3) is 0.758. The van der Waals surface area contributed by atoms with Crippen molar-refractivity contribution in [2.75, 3.05) is 31.3 Å². The van der Waals surface area contributed by atoms with E-state index in [1.54, 1.807) is 11.8 Å². The van der Waals surface area contributed by atoms with Crippen LogP contribution in [-0.2, 0) is 23.9 Å². The maximum absolute atomic E-state index is 13.6. The van der Waals surface area contributed by atoms with E-state index in [-0.39, 0.29) is 29.0 Å². The third-order valence-electron chi connectivity index (χ3n) is 9.92. The molecule has 0 amide bonds. The van der Waals surface area contributed by atoms with Crippen LogP contribution in [0.3, 0.4) is 0 Å². The molecule has 0 aliphatic heterocycles. The van der Waals surface area contributed by atoms with E-state index in [2.05, 4.69) is 53.0 Å². The lowest BCUT2D eigenvalue weighted by Gasteiger charge is -2.56. The molecule has 0 spiro atoms. The minimum atomic E-state index is -1.26. The van der Waals surface area contributed by atoms with E-state index in [1.165, 1.54) is 0 Å². The molecule has 0 aromatic rings. The van der Waals surface area contributed by atoms with Gasteiger partial charge >= 0.3 is 17.9 Å². The average Bonchev–Trinajstić information content (AvgIpc) is 3.31. The number of hydrogen-bond acceptors (Lipinski definition) is 8. The zero-order chi connectivity index (χ0) is 33.0. The van der Waals surface area contributed by atoms with Gasteiger partial charge in [0.1, 0.15) is 11.7 Å². The first kappa shape index (κ1) is 38.9. The summed E-state index contributed by atoms with van der Waals surface area (Å²) in [4.78, 5) is 48.5. The number of unbranched alkanes of at least 4 members (excludes halogenated alkanes) is 1. The van der Waals surface area contributed by atoms with E-state index in [4.69, 9.17) is 14.9 Å². The van der Waals surface area contributed by atoms with Crippen LogP contribution in [0.1, 0.15) is 87.0 Å². The van der Waals surface area contributed by atoms with E-state index in [0.717, 1.165) is 51.1 Å². The maximum Gasteiger partial charge on any atom is 0.328 e. The van der Waals surface area contributed by atoms with Gasteiger partial charge in [-0.15, -0.1) is 18.3 Å². The standard InChI is InChI=1S/C29H51NO4S.C4H4O4/c1-9-13-15-29-16-14-23(31)24(29)27(6,7)22(19-28(8,10-2)25(32)21(29)5)26(33)34-20-35-18-17-30(11-3)12-4;5-3(6)1-2-4(7)8/h10,21-22,24-25,32H,2,9,11-20H2,1,3-8H3;1-2H,(H,5,6)(H,7,8)/b;2-1-/t21-,22-,24-,25-,28+,29-;/m0./s1. The number of nitrogens with zero attached hydrogens (tertiary/aromatic N) is 1. The Morgan fingerprint density at radius 1 is 1.09 bits per heavy atom. The molecule has 0 bridgehead atoms. The number of fused-ring (bicyclic) bond motifs is 1. The van der Waals surface area contributed by atoms with Crippen LogP contribution in [0.5, 0.6) is 0 Å². The molecule has 6 atom stereocenters. The van der Waals surface area contributed by atoms with Crippen molar-refractivity contribution in [3.63, 3.8) is 0 Å². The van der Waals surface area contributed by atoms with Crippen molar-refractivity contribution in [1.29, 1.82) is 0 Å². The van der Waals surface area contributed by atoms with Crippen molar-refractivity contribution in [3.8, 4) is 0 Å². The van der Waals surface area contributed by atoms with Crippen molar-refractivity contribution < 1.29 is 39.2 Å². The van der Waals surface area contributed by atoms with Gasteiger partial charge < -0.3 is 25.0 Å². The Labute approximate surface area is 262 Å². The highest BCUT2D eigenvalue weighted by atomic mass is 32.2. The van der Waals surface area contributed by atoms with E-state index >= 15 is 0 Å². The summed E-state index contributed by atoms with van der Waals surface area (Å²) in [5.74, 6) is -2.08. The lowest BCUT2D eigenvalue weighted by Crippen LogP contribution is -2.57. The zero-order valence-corrected chi connectivity index (χ0v) is 28.1. The highest BCUT2D eigenvalue weighted by Crippen LogP contribution is 2.63. The number of carbonyl (C=O) groups excluding carboxylic acids is 2. The summed E-state index contributed by atoms with van der Waals surface area (Å²) in [5.41, 5.74) is -1.51. The molecule has 9 nitrogen and oxygen atoms in total. The number of esters is 1. The number of carboxylic acids is 2. The predicted molar refractivity (Wildman–Crippen MR) is 171 cm³/mol. The average molecular weight is 626 g/mol. The number of aliphatic carboxylic acids is 2. The molecular formula is C33H55NO8S. The highest BCUT2D eigenvalue weighted by Gasteiger charge is 2.63. The van der Waals surface area contributed by atoms with Crippen LogP contribution >= 0.6 is 11.8 Å². The zero-order valence-electron chi connectivity index (χ0n) is 27.3. The van der Waals surface area contributed by atoms with Crippen LogP contribution < -0.4 is 0 Å². The minimum absolute atomic E-state index is 0.0552. The summed E-state index contributed by atoms with van der Waals surface area (Å²) in [6.07, 6.45) is 6.99. The molecule has 0 heterocycles. The number of carboxylic acid groups (broad SMARTS) is 2. The van der Waals surface area contributed by atoms with E-state index in [9.17, 15) is 24.3 Å². The molecule has 3 N–H and O–H groups in total. The Bertz CT molecular complexity index is 977. The van der Waals surface area contributed by atoms with Crippen LogP contribution in [0, 0.1) is 34.0 Å². The fourth-order valence-corrected chi connectivity index (χ4v) is 7.96. The van der Waals surface area contributed by atoms with Gasteiger partial charge in [-0.2, -0.15) is 0 Å². The second kappa shape index (κ2) is 17.4. The molecule has 246 valence electrons. The summed E-state index contributed by atoms with van der Waals surface area (Å²) in [6, 6.07) is 0. The van der Waals surface area contributed by atoms with Gasteiger partial charge in [0, 0.05) is 42.2 Å². The molecular weight excluding hydrogens is 570 g/mol. The Morgan fingerprint density at radius 3 is 2.16 bits per heavy atom. The molecule has 0 radical (unpaired) electrons. The molecule has 0 aromatic carbocycles. The van der Waals surface area contributed by atoms with Gasteiger partial charge in [0.2, 0.25) is 0 Å². The number of thioether (sulfide) groups is 1. The van der Waals surface area contributed by atoms with E-state index < -0.39 is 34.8 Å². The summed E-state index contributed by atoms with van der Waals surface area (Å²) in [5, 5.41) is 27.3. The van der Waals surface area contributed by atoms with Gasteiger partial charge in [0.25, 0.3) is 0 Å². The quantitative estimate of drug-likeness (QED) is 0.0727. The summed E-state index contributed by atoms with van der Waals surface area (Å²) >= 11 is 1.63. The van der Waals surface area contributed by atoms with Crippen molar-refractivity contribution in [2.45, 2.75) is 93.1 Å². The number of carbonyl (C=O) groups is 4. The second-order valence-electron chi connectivity index (χ2n) is 12.8. The van der Waals surface area contributed by atoms with Crippen LogP contribution in [0.2, 0.25) is 0 Å². The lowest BCUT2D eigenvalue weighted by molar-refractivity contribution is -0.169. The van der Waals surface area contributed by atoms with Gasteiger partial charge in [0.15, 0.2) is 0 Å². The third-order valence-corrected chi connectivity index (χ3v) is 10.7. The Hall–Kier alpha value is -2.17. The molecule has 2 aliphatic rings. The topological polar surface area (TPSA) is 141 Å². The molecule has 2 rings (SSSR count). The van der Waals surface area contributed by atoms with Crippen LogP contribution in [0.25, 0.3) is 0 Å². The molecule has 0 saturated heterocycles. The van der Waals surface area contributed by atoms with Gasteiger partial charge in [-0.05, 0) is 49.1 Å². The van der Waals surface area contributed by atoms with Crippen molar-refractivity contribution in [1.82, 2.24) is 4.90 Å². The minimum Gasteiger partial charge on any atom is -0.478 e. The lowest BCUT2D eigenvalue weighted by atomic mass is 9.48. The van der Waals surface area contributed by atoms with Gasteiger partial charge in [0.05, 0.1) is 12.0 Å². The van der Waals surface area contributed by atoms with Crippen LogP contribution in [-0.4, -0.2) is 81.3 Å². The van der Waals surface area contributed by atoms with E-state index in [0.29, 0.717) is 30.9 Å². The monoisotopic (exact) mass is 625 g/mol. The first-order chi connectivity index (χ1) is 20.1. The molecule has 0 unspecified atom stereocenters. The molecule has 10 heteroatoms. The molecule has 2 saturated carbocycles. The first-order valence-electron chi connectivity index (χ1n) is 15.5. The highest BCUT2D eigenvalue weighted by molar-refractivity contribution is 7.99. The third kappa shape index (κ3) is 9.91. The number of rotatable bonds is 14. The van der Waals surface area contributed by atoms with Gasteiger partial charge in [-0.25, -0.2) is 9.59 Å². The van der Waals surface area contributed by atoms with Crippen LogP contribution in [0.4, 0.5) is 0 Å². The molecule has 0 aromatic heterocycles. The molecule has 2 fully saturated rings. The summed E-state index contributed by atoms with van der Waals surface area (Å²) in [6.45, 7) is 21.9. The first-order valence-corrected chi connectivity index (χ1v) is 16.7. The van der Waals surface area contributed by atoms with E-state index in [1.807, 2.05) is 13.0 Å². The van der Waals surface area contributed by atoms with Crippen molar-refractivity contribution >= 4 is 35.5 Å². The largest absolute Gasteiger partial charge is 0.478 e. The smallest absolute Gasteiger partial charge is 0.328 e. The van der Waals surface area contributed by atoms with Gasteiger partial charge in [-0.1, -0.05) is 67.4 Å². The Morgan fingerprint density at radius 2 is 1.67 bits per heavy atom. The number of Topliss-reactive ketones (excluding diaryl/α,β-unsaturated/α-hetero) is 1. The number of aliphatic hydroxyl groups is 1. The number of hydrogen-bond donors (Lipinski definition) is 3. The summed E-state index contributed by atoms with van der Waals surface area (Å²) in [7, 11) is 0. The number of ketones is 1. The van der Waals surface area contributed by atoms with Crippen molar-refractivity contribution in [2.24, 2.45) is 34.0 Å². The Balaban J connectivity index is 0.00000101. The summed E-state index contributed by atoms with van der Waals surface area (Å²) < 4.78 is 5.84. The number of aliphatic hydroxyl groups excluding tert-OH is 1. The molecule has 43 heavy (non-hydrogen) atoms. The maximum atomic E-state index is 13.6. The molecule has 2 aliphatic carbocycles. The van der Waals surface area contributed by atoms with Crippen LogP contribution in [0.15, 0.2) is 24.8 Å².